The van der Waals surface area contributed by atoms with Crippen LogP contribution in [-0.2, 0) is 6.54 Å². The summed E-state index contributed by atoms with van der Waals surface area (Å²) in [6.45, 7) is 14.8. The minimum atomic E-state index is -0.0318. The lowest BCUT2D eigenvalue weighted by Gasteiger charge is -2.36. The lowest BCUT2D eigenvalue weighted by Crippen LogP contribution is -2.51. The standard InChI is InChI=1S/C18H25N5OS2/c1-11(2)9-19-18(25)23-7-5-22(6-8-23)10-14-20-16(24)15-12(3)13(4)26-17(15)21-14/h1,5-10H2,2-4H3,(H,19,25)(H,20,21,24). The maximum absolute atomic E-state index is 12.4. The molecule has 8 heteroatoms. The zero-order chi connectivity index (χ0) is 18.8. The number of thiophene rings is 1. The van der Waals surface area contributed by atoms with Crippen molar-refractivity contribution in [3.8, 4) is 0 Å². The predicted octanol–water partition coefficient (Wildman–Crippen LogP) is 2.17. The first-order valence-corrected chi connectivity index (χ1v) is 9.96. The number of rotatable bonds is 4. The maximum atomic E-state index is 12.4. The van der Waals surface area contributed by atoms with E-state index in [9.17, 15) is 4.79 Å². The third-order valence-electron chi connectivity index (χ3n) is 4.66. The van der Waals surface area contributed by atoms with Crippen molar-refractivity contribution in [1.82, 2.24) is 25.1 Å². The Morgan fingerprint density at radius 3 is 2.69 bits per heavy atom. The molecule has 0 saturated carbocycles. The van der Waals surface area contributed by atoms with Crippen molar-refractivity contribution < 1.29 is 0 Å². The van der Waals surface area contributed by atoms with E-state index in [2.05, 4.69) is 31.7 Å². The summed E-state index contributed by atoms with van der Waals surface area (Å²) in [6.07, 6.45) is 0. The van der Waals surface area contributed by atoms with Crippen LogP contribution in [0.3, 0.4) is 0 Å². The van der Waals surface area contributed by atoms with Gasteiger partial charge in [-0.3, -0.25) is 9.69 Å². The van der Waals surface area contributed by atoms with Gasteiger partial charge < -0.3 is 15.2 Å². The Bertz CT molecular complexity index is 893. The number of aryl methyl sites for hydroxylation is 2. The summed E-state index contributed by atoms with van der Waals surface area (Å²) in [6, 6.07) is 0. The first-order valence-electron chi connectivity index (χ1n) is 8.73. The van der Waals surface area contributed by atoms with Gasteiger partial charge in [-0.25, -0.2) is 4.98 Å². The van der Waals surface area contributed by atoms with Gasteiger partial charge in [0.05, 0.1) is 11.9 Å². The fourth-order valence-electron chi connectivity index (χ4n) is 3.03. The average Bonchev–Trinajstić information content (AvgIpc) is 2.88. The van der Waals surface area contributed by atoms with Gasteiger partial charge in [-0.1, -0.05) is 12.2 Å². The summed E-state index contributed by atoms with van der Waals surface area (Å²) in [5, 5.41) is 4.75. The van der Waals surface area contributed by atoms with Crippen molar-refractivity contribution in [3.63, 3.8) is 0 Å². The summed E-state index contributed by atoms with van der Waals surface area (Å²) in [5.74, 6) is 0.736. The second-order valence-electron chi connectivity index (χ2n) is 6.86. The Labute approximate surface area is 162 Å². The Morgan fingerprint density at radius 1 is 1.35 bits per heavy atom. The highest BCUT2D eigenvalue weighted by Crippen LogP contribution is 2.25. The Kier molecular flexibility index (Phi) is 5.74. The molecule has 0 bridgehead atoms. The van der Waals surface area contributed by atoms with Crippen LogP contribution in [0.15, 0.2) is 16.9 Å². The monoisotopic (exact) mass is 391 g/mol. The maximum Gasteiger partial charge on any atom is 0.259 e. The first kappa shape index (κ1) is 19.0. The van der Waals surface area contributed by atoms with E-state index in [4.69, 9.17) is 12.2 Å². The van der Waals surface area contributed by atoms with Crippen LogP contribution in [0.1, 0.15) is 23.2 Å². The van der Waals surface area contributed by atoms with E-state index < -0.39 is 0 Å². The van der Waals surface area contributed by atoms with Crippen LogP contribution in [-0.4, -0.2) is 57.6 Å². The summed E-state index contributed by atoms with van der Waals surface area (Å²) in [4.78, 5) is 26.5. The van der Waals surface area contributed by atoms with Gasteiger partial charge in [-0.15, -0.1) is 11.3 Å². The Balaban J connectivity index is 1.61. The van der Waals surface area contributed by atoms with Gasteiger partial charge in [0.1, 0.15) is 10.7 Å². The van der Waals surface area contributed by atoms with Crippen molar-refractivity contribution >= 4 is 38.9 Å². The molecule has 2 N–H and O–H groups in total. The van der Waals surface area contributed by atoms with Gasteiger partial charge in [-0.05, 0) is 38.6 Å². The molecule has 140 valence electrons. The molecule has 2 aromatic heterocycles. The molecule has 3 rings (SSSR count). The fourth-order valence-corrected chi connectivity index (χ4v) is 4.34. The lowest BCUT2D eigenvalue weighted by molar-refractivity contribution is 0.171. The number of aromatic amines is 1. The van der Waals surface area contributed by atoms with Crippen molar-refractivity contribution in [2.75, 3.05) is 32.7 Å². The summed E-state index contributed by atoms with van der Waals surface area (Å²) in [5.41, 5.74) is 2.07. The van der Waals surface area contributed by atoms with Crippen molar-refractivity contribution in [2.24, 2.45) is 0 Å². The number of thiocarbonyl (C=S) groups is 1. The fraction of sp³-hybridized carbons (Fsp3) is 0.500. The van der Waals surface area contributed by atoms with Crippen LogP contribution < -0.4 is 10.9 Å². The predicted molar refractivity (Wildman–Crippen MR) is 112 cm³/mol. The highest BCUT2D eigenvalue weighted by atomic mass is 32.1. The van der Waals surface area contributed by atoms with Crippen molar-refractivity contribution in [3.05, 3.63) is 38.8 Å². The molecule has 1 fully saturated rings. The molecule has 3 heterocycles. The zero-order valence-corrected chi connectivity index (χ0v) is 17.1. The van der Waals surface area contributed by atoms with Crippen LogP contribution in [0.5, 0.6) is 0 Å². The summed E-state index contributed by atoms with van der Waals surface area (Å²) >= 11 is 7.03. The number of piperazine rings is 1. The molecule has 0 spiro atoms. The molecular formula is C18H25N5OS2. The molecule has 26 heavy (non-hydrogen) atoms. The molecule has 6 nitrogen and oxygen atoms in total. The van der Waals surface area contributed by atoms with E-state index in [0.29, 0.717) is 13.1 Å². The second kappa shape index (κ2) is 7.85. The lowest BCUT2D eigenvalue weighted by atomic mass is 10.2. The van der Waals surface area contributed by atoms with E-state index in [-0.39, 0.29) is 5.56 Å². The molecule has 0 atom stereocenters. The van der Waals surface area contributed by atoms with E-state index in [1.807, 2.05) is 20.8 Å². The quantitative estimate of drug-likeness (QED) is 0.615. The molecule has 1 aliphatic rings. The molecule has 0 unspecified atom stereocenters. The Morgan fingerprint density at radius 2 is 2.04 bits per heavy atom. The zero-order valence-electron chi connectivity index (χ0n) is 15.5. The van der Waals surface area contributed by atoms with Crippen molar-refractivity contribution in [1.29, 1.82) is 0 Å². The largest absolute Gasteiger partial charge is 0.359 e. The Hall–Kier alpha value is -1.77. The number of aromatic nitrogens is 2. The van der Waals surface area contributed by atoms with Gasteiger partial charge in [0.15, 0.2) is 5.11 Å². The van der Waals surface area contributed by atoms with Crippen LogP contribution >= 0.6 is 23.6 Å². The number of nitrogens with one attached hydrogen (secondary N) is 2. The topological polar surface area (TPSA) is 64.3 Å². The molecule has 1 saturated heterocycles. The summed E-state index contributed by atoms with van der Waals surface area (Å²) < 4.78 is 0. The van der Waals surface area contributed by atoms with Crippen molar-refractivity contribution in [2.45, 2.75) is 27.3 Å². The summed E-state index contributed by atoms with van der Waals surface area (Å²) in [7, 11) is 0. The van der Waals surface area contributed by atoms with Crippen LogP contribution in [0.2, 0.25) is 0 Å². The second-order valence-corrected chi connectivity index (χ2v) is 8.44. The molecule has 0 radical (unpaired) electrons. The molecule has 0 aromatic carbocycles. The van der Waals surface area contributed by atoms with Gasteiger partial charge in [0.25, 0.3) is 5.56 Å². The van der Waals surface area contributed by atoms with Crippen LogP contribution in [0.4, 0.5) is 0 Å². The van der Waals surface area contributed by atoms with Gasteiger partial charge in [0.2, 0.25) is 0 Å². The van der Waals surface area contributed by atoms with Crippen LogP contribution in [0.25, 0.3) is 10.2 Å². The van der Waals surface area contributed by atoms with Gasteiger partial charge >= 0.3 is 0 Å². The van der Waals surface area contributed by atoms with E-state index in [0.717, 1.165) is 63.3 Å². The smallest absolute Gasteiger partial charge is 0.259 e. The minimum absolute atomic E-state index is 0.0318. The number of fused-ring (bicyclic) bond motifs is 1. The highest BCUT2D eigenvalue weighted by molar-refractivity contribution is 7.80. The van der Waals surface area contributed by atoms with Gasteiger partial charge in [0, 0.05) is 37.6 Å². The molecule has 2 aromatic rings. The minimum Gasteiger partial charge on any atom is -0.359 e. The van der Waals surface area contributed by atoms with E-state index >= 15 is 0 Å². The molecule has 0 aliphatic carbocycles. The normalized spacial score (nSPS) is 15.4. The van der Waals surface area contributed by atoms with Crippen LogP contribution in [0, 0.1) is 13.8 Å². The number of H-pyrrole nitrogens is 1. The molecule has 1 aliphatic heterocycles. The average molecular weight is 392 g/mol. The SMILES string of the molecule is C=C(C)CNC(=S)N1CCN(Cc2nc3sc(C)c(C)c3c(=O)[nH]2)CC1. The van der Waals surface area contributed by atoms with Gasteiger partial charge in [-0.2, -0.15) is 0 Å². The third kappa shape index (κ3) is 4.13. The van der Waals surface area contributed by atoms with E-state index in [1.54, 1.807) is 11.3 Å². The third-order valence-corrected chi connectivity index (χ3v) is 6.17. The number of nitrogens with zero attached hydrogens (tertiary/aromatic N) is 3. The first-order chi connectivity index (χ1) is 12.3. The molecule has 0 amide bonds. The van der Waals surface area contributed by atoms with E-state index in [1.165, 1.54) is 0 Å². The molecular weight excluding hydrogens is 366 g/mol. The number of hydrogen-bond donors (Lipinski definition) is 2. The number of hydrogen-bond acceptors (Lipinski definition) is 5. The highest BCUT2D eigenvalue weighted by Gasteiger charge is 2.20.